The van der Waals surface area contributed by atoms with Gasteiger partial charge >= 0.3 is 0 Å². The molecule has 0 unspecified atom stereocenters. The second-order valence-corrected chi connectivity index (χ2v) is 8.72. The minimum atomic E-state index is -0.110. The average Bonchev–Trinajstić information content (AvgIpc) is 3.53. The van der Waals surface area contributed by atoms with Gasteiger partial charge in [0.25, 0.3) is 0 Å². The molecule has 0 saturated carbocycles. The molecule has 0 saturated heterocycles. The molecule has 4 aromatic rings. The first-order chi connectivity index (χ1) is 16.1. The lowest BCUT2D eigenvalue weighted by Gasteiger charge is -2.09. The largest absolute Gasteiger partial charge is 0.474 e. The molecule has 1 atom stereocenters. The second kappa shape index (κ2) is 7.98. The summed E-state index contributed by atoms with van der Waals surface area (Å²) in [6.07, 6.45) is 1.79. The molecule has 2 aliphatic rings. The summed E-state index contributed by atoms with van der Waals surface area (Å²) in [4.78, 5) is 9.52. The summed E-state index contributed by atoms with van der Waals surface area (Å²) in [5, 5.41) is 10.1. The lowest BCUT2D eigenvalue weighted by molar-refractivity contribution is 0.174. The number of aliphatic imine (C=N–C) groups is 1. The molecular formula is C23H18Cl2N6O2. The average molecular weight is 481 g/mol. The number of fused-ring (bicyclic) bond motifs is 5. The summed E-state index contributed by atoms with van der Waals surface area (Å²) in [6.45, 7) is 1.27. The van der Waals surface area contributed by atoms with Crippen molar-refractivity contribution in [3.05, 3.63) is 81.6 Å². The molecule has 2 aromatic carbocycles. The first-order valence-corrected chi connectivity index (χ1v) is 11.1. The van der Waals surface area contributed by atoms with Crippen molar-refractivity contribution in [2.75, 3.05) is 13.7 Å². The van der Waals surface area contributed by atoms with Gasteiger partial charge in [-0.05, 0) is 35.9 Å². The van der Waals surface area contributed by atoms with Crippen LogP contribution < -0.4 is 0 Å². The lowest BCUT2D eigenvalue weighted by Crippen LogP contribution is -2.13. The number of halogens is 2. The Hall–Kier alpha value is -3.20. The van der Waals surface area contributed by atoms with E-state index in [1.165, 1.54) is 0 Å². The van der Waals surface area contributed by atoms with Gasteiger partial charge in [0, 0.05) is 22.7 Å². The highest BCUT2D eigenvalue weighted by Gasteiger charge is 2.30. The molecule has 0 radical (unpaired) electrons. The van der Waals surface area contributed by atoms with E-state index >= 15 is 0 Å². The molecule has 2 aromatic heterocycles. The highest BCUT2D eigenvalue weighted by molar-refractivity contribution is 6.31. The van der Waals surface area contributed by atoms with Crippen molar-refractivity contribution in [3.8, 4) is 17.1 Å². The molecule has 0 bridgehead atoms. The SMILES string of the molecule is COCc1nnc2n1Cc1c(C3=N[C@@H](c4ccc(Cl)cc4)CO3)ncn1-c1ccc(Cl)cc1-2. The maximum Gasteiger partial charge on any atom is 0.238 e. The van der Waals surface area contributed by atoms with Gasteiger partial charge in [-0.15, -0.1) is 10.2 Å². The van der Waals surface area contributed by atoms with Gasteiger partial charge in [-0.3, -0.25) is 4.57 Å². The Labute approximate surface area is 199 Å². The molecule has 33 heavy (non-hydrogen) atoms. The molecule has 6 rings (SSSR count). The van der Waals surface area contributed by atoms with E-state index in [0.29, 0.717) is 47.2 Å². The van der Waals surface area contributed by atoms with E-state index in [9.17, 15) is 0 Å². The van der Waals surface area contributed by atoms with Crippen LogP contribution in [0.5, 0.6) is 0 Å². The number of hydrogen-bond donors (Lipinski definition) is 0. The van der Waals surface area contributed by atoms with E-state index in [1.807, 2.05) is 51.6 Å². The highest BCUT2D eigenvalue weighted by atomic mass is 35.5. The molecule has 0 spiro atoms. The molecule has 0 aliphatic carbocycles. The van der Waals surface area contributed by atoms with E-state index in [0.717, 1.165) is 28.3 Å². The van der Waals surface area contributed by atoms with Crippen molar-refractivity contribution in [3.63, 3.8) is 0 Å². The summed E-state index contributed by atoms with van der Waals surface area (Å²) in [7, 11) is 1.64. The Morgan fingerprint density at radius 1 is 1.09 bits per heavy atom. The number of nitrogens with zero attached hydrogens (tertiary/aromatic N) is 6. The van der Waals surface area contributed by atoms with Crippen LogP contribution in [-0.4, -0.2) is 43.9 Å². The maximum absolute atomic E-state index is 6.33. The van der Waals surface area contributed by atoms with Crippen molar-refractivity contribution in [2.24, 2.45) is 4.99 Å². The molecule has 8 nitrogen and oxygen atoms in total. The second-order valence-electron chi connectivity index (χ2n) is 7.84. The Balaban J connectivity index is 1.47. The van der Waals surface area contributed by atoms with Gasteiger partial charge in [0.15, 0.2) is 11.6 Å². The number of rotatable bonds is 4. The number of methoxy groups -OCH3 is 1. The number of imidazole rings is 1. The Kier molecular flexibility index (Phi) is 4.94. The van der Waals surface area contributed by atoms with Crippen molar-refractivity contribution in [2.45, 2.75) is 19.2 Å². The van der Waals surface area contributed by atoms with Gasteiger partial charge in [-0.25, -0.2) is 9.98 Å². The van der Waals surface area contributed by atoms with Crippen LogP contribution in [0.15, 0.2) is 53.8 Å². The molecule has 2 aliphatic heterocycles. The van der Waals surface area contributed by atoms with Crippen LogP contribution in [0.4, 0.5) is 0 Å². The van der Waals surface area contributed by atoms with Crippen molar-refractivity contribution < 1.29 is 9.47 Å². The van der Waals surface area contributed by atoms with Gasteiger partial charge in [0.2, 0.25) is 5.90 Å². The Morgan fingerprint density at radius 3 is 2.73 bits per heavy atom. The van der Waals surface area contributed by atoms with Gasteiger partial charge < -0.3 is 14.0 Å². The number of benzene rings is 2. The predicted molar refractivity (Wildman–Crippen MR) is 124 cm³/mol. The third kappa shape index (κ3) is 3.42. The van der Waals surface area contributed by atoms with Gasteiger partial charge in [-0.2, -0.15) is 0 Å². The zero-order valence-corrected chi connectivity index (χ0v) is 19.1. The van der Waals surface area contributed by atoms with Crippen molar-refractivity contribution >= 4 is 29.1 Å². The maximum atomic E-state index is 6.33. The fraction of sp³-hybridized carbons (Fsp3) is 0.217. The van der Waals surface area contributed by atoms with E-state index in [4.69, 9.17) is 37.7 Å². The fourth-order valence-electron chi connectivity index (χ4n) is 4.25. The fourth-order valence-corrected chi connectivity index (χ4v) is 4.55. The summed E-state index contributed by atoms with van der Waals surface area (Å²) >= 11 is 12.4. The van der Waals surface area contributed by atoms with Crippen LogP contribution in [-0.2, 0) is 22.6 Å². The highest BCUT2D eigenvalue weighted by Crippen LogP contribution is 2.35. The zero-order valence-electron chi connectivity index (χ0n) is 17.6. The first-order valence-electron chi connectivity index (χ1n) is 10.4. The summed E-state index contributed by atoms with van der Waals surface area (Å²) in [6, 6.07) is 13.3. The van der Waals surface area contributed by atoms with Crippen LogP contribution in [0.3, 0.4) is 0 Å². The smallest absolute Gasteiger partial charge is 0.238 e. The number of ether oxygens (including phenoxy) is 2. The quantitative estimate of drug-likeness (QED) is 0.379. The van der Waals surface area contributed by atoms with Crippen LogP contribution in [0.1, 0.15) is 28.8 Å². The Bertz CT molecular complexity index is 1390. The molecule has 166 valence electrons. The third-order valence-electron chi connectivity index (χ3n) is 5.84. The monoisotopic (exact) mass is 480 g/mol. The zero-order chi connectivity index (χ0) is 22.5. The Morgan fingerprint density at radius 2 is 1.91 bits per heavy atom. The van der Waals surface area contributed by atoms with E-state index in [-0.39, 0.29) is 6.04 Å². The standard InChI is InChI=1S/C23H18Cl2N6O2/c1-32-11-20-28-29-22-16-8-15(25)6-7-18(16)31-12-26-21(19(31)9-30(20)22)23-27-17(10-33-23)13-2-4-14(24)5-3-13/h2-8,12,17H,9-11H2,1H3/t17-/m1/s1. The van der Waals surface area contributed by atoms with Crippen molar-refractivity contribution in [1.29, 1.82) is 0 Å². The third-order valence-corrected chi connectivity index (χ3v) is 6.33. The summed E-state index contributed by atoms with van der Waals surface area (Å²) in [5.41, 5.74) is 4.44. The number of aromatic nitrogens is 5. The summed E-state index contributed by atoms with van der Waals surface area (Å²) in [5.74, 6) is 1.96. The van der Waals surface area contributed by atoms with Crippen LogP contribution in [0, 0.1) is 0 Å². The molecule has 0 amide bonds. The van der Waals surface area contributed by atoms with E-state index in [1.54, 1.807) is 13.4 Å². The van der Waals surface area contributed by atoms with Gasteiger partial charge in [-0.1, -0.05) is 35.3 Å². The molecule has 10 heteroatoms. The normalized spacial score (nSPS) is 16.5. The molecule has 4 heterocycles. The number of hydrogen-bond acceptors (Lipinski definition) is 6. The van der Waals surface area contributed by atoms with Crippen LogP contribution in [0.2, 0.25) is 10.0 Å². The lowest BCUT2D eigenvalue weighted by atomic mass is 10.1. The molecular weight excluding hydrogens is 463 g/mol. The van der Waals surface area contributed by atoms with Gasteiger partial charge in [0.05, 0.1) is 17.9 Å². The topological polar surface area (TPSA) is 79.3 Å². The first kappa shape index (κ1) is 20.4. The van der Waals surface area contributed by atoms with Crippen LogP contribution in [0.25, 0.3) is 17.1 Å². The molecule has 0 N–H and O–H groups in total. The van der Waals surface area contributed by atoms with E-state index in [2.05, 4.69) is 15.2 Å². The van der Waals surface area contributed by atoms with E-state index < -0.39 is 0 Å². The minimum absolute atomic E-state index is 0.110. The van der Waals surface area contributed by atoms with Crippen LogP contribution >= 0.6 is 23.2 Å². The van der Waals surface area contributed by atoms with Crippen molar-refractivity contribution in [1.82, 2.24) is 24.3 Å². The van der Waals surface area contributed by atoms with Gasteiger partial charge in [0.1, 0.15) is 31.3 Å². The molecule has 0 fully saturated rings. The predicted octanol–water partition coefficient (Wildman–Crippen LogP) is 4.46. The minimum Gasteiger partial charge on any atom is -0.474 e. The summed E-state index contributed by atoms with van der Waals surface area (Å²) < 4.78 is 15.4.